The van der Waals surface area contributed by atoms with E-state index in [-0.39, 0.29) is 12.2 Å². The highest BCUT2D eigenvalue weighted by Crippen LogP contribution is 2.30. The van der Waals surface area contributed by atoms with E-state index in [1.165, 1.54) is 0 Å². The van der Waals surface area contributed by atoms with Crippen molar-refractivity contribution in [1.82, 2.24) is 0 Å². The summed E-state index contributed by atoms with van der Waals surface area (Å²) < 4.78 is 43.0. The van der Waals surface area contributed by atoms with Crippen molar-refractivity contribution in [1.29, 1.82) is 5.26 Å². The zero-order valence-corrected chi connectivity index (χ0v) is 11.2. The fourth-order valence-corrected chi connectivity index (χ4v) is 1.79. The number of hydrogen-bond donors (Lipinski definition) is 0. The van der Waals surface area contributed by atoms with Gasteiger partial charge in [-0.25, -0.2) is 4.79 Å². The molecule has 0 N–H and O–H groups in total. The van der Waals surface area contributed by atoms with Crippen molar-refractivity contribution in [3.63, 3.8) is 0 Å². The third kappa shape index (κ3) is 3.64. The van der Waals surface area contributed by atoms with Crippen LogP contribution in [0.25, 0.3) is 0 Å². The first-order valence-electron chi connectivity index (χ1n) is 6.24. The summed E-state index contributed by atoms with van der Waals surface area (Å²) in [7, 11) is 0. The van der Waals surface area contributed by atoms with Gasteiger partial charge in [0.1, 0.15) is 12.7 Å². The molecule has 2 rings (SSSR count). The predicted octanol–water partition coefficient (Wildman–Crippen LogP) is 3.93. The molecule has 112 valence electrons. The monoisotopic (exact) mass is 305 g/mol. The molecule has 0 aromatic heterocycles. The second kappa shape index (κ2) is 6.31. The summed E-state index contributed by atoms with van der Waals surface area (Å²) in [5, 5.41) is 8.91. The van der Waals surface area contributed by atoms with E-state index in [1.54, 1.807) is 36.4 Å². The van der Waals surface area contributed by atoms with E-state index in [1.807, 2.05) is 0 Å². The van der Waals surface area contributed by atoms with Crippen LogP contribution in [0.1, 0.15) is 27.0 Å². The molecular formula is C16H10F3NO2. The number of hydrogen-bond acceptors (Lipinski definition) is 3. The van der Waals surface area contributed by atoms with Gasteiger partial charge < -0.3 is 4.74 Å². The van der Waals surface area contributed by atoms with Gasteiger partial charge in [-0.1, -0.05) is 30.3 Å². The molecule has 0 spiro atoms. The molecule has 0 radical (unpaired) electrons. The van der Waals surface area contributed by atoms with E-state index in [9.17, 15) is 18.0 Å². The van der Waals surface area contributed by atoms with Crippen molar-refractivity contribution >= 4 is 5.97 Å². The lowest BCUT2D eigenvalue weighted by atomic mass is 10.0. The molecule has 2 aromatic carbocycles. The third-order valence-corrected chi connectivity index (χ3v) is 2.90. The molecule has 0 saturated carbocycles. The lowest BCUT2D eigenvalue weighted by Crippen LogP contribution is -2.11. The molecule has 22 heavy (non-hydrogen) atoms. The molecule has 6 heteroatoms. The van der Waals surface area contributed by atoms with Gasteiger partial charge in [-0.05, 0) is 23.8 Å². The van der Waals surface area contributed by atoms with Crippen LogP contribution in [0.5, 0.6) is 0 Å². The maximum absolute atomic E-state index is 12.7. The van der Waals surface area contributed by atoms with Crippen LogP contribution in [-0.4, -0.2) is 5.97 Å². The number of nitrogens with zero attached hydrogens (tertiary/aromatic N) is 1. The maximum Gasteiger partial charge on any atom is 0.416 e. The van der Waals surface area contributed by atoms with Crippen LogP contribution in [0.3, 0.4) is 0 Å². The highest BCUT2D eigenvalue weighted by molar-refractivity contribution is 5.92. The predicted molar refractivity (Wildman–Crippen MR) is 71.7 cm³/mol. The highest BCUT2D eigenvalue weighted by atomic mass is 19.4. The summed E-state index contributed by atoms with van der Waals surface area (Å²) in [4.78, 5) is 11.9. The van der Waals surface area contributed by atoms with Crippen molar-refractivity contribution in [3.05, 3.63) is 70.8 Å². The smallest absolute Gasteiger partial charge is 0.416 e. The number of rotatable bonds is 3. The van der Waals surface area contributed by atoms with Crippen molar-refractivity contribution in [3.8, 4) is 6.07 Å². The molecule has 0 aliphatic rings. The Morgan fingerprint density at radius 1 is 1.14 bits per heavy atom. The first kappa shape index (κ1) is 15.6. The molecule has 0 aliphatic heterocycles. The molecule has 0 atom stereocenters. The zero-order valence-electron chi connectivity index (χ0n) is 11.2. The Labute approximate surface area is 124 Å². The topological polar surface area (TPSA) is 50.1 Å². The van der Waals surface area contributed by atoms with Crippen molar-refractivity contribution in [2.24, 2.45) is 0 Å². The summed E-state index contributed by atoms with van der Waals surface area (Å²) >= 11 is 0. The lowest BCUT2D eigenvalue weighted by molar-refractivity contribution is -0.137. The number of halogens is 3. The number of alkyl halides is 3. The van der Waals surface area contributed by atoms with Crippen LogP contribution in [0.4, 0.5) is 13.2 Å². The fourth-order valence-electron chi connectivity index (χ4n) is 1.79. The molecule has 2 aromatic rings. The van der Waals surface area contributed by atoms with E-state index < -0.39 is 23.3 Å². The number of esters is 1. The second-order valence-electron chi connectivity index (χ2n) is 4.43. The van der Waals surface area contributed by atoms with E-state index >= 15 is 0 Å². The van der Waals surface area contributed by atoms with Gasteiger partial charge in [0, 0.05) is 0 Å². The number of nitriles is 1. The SMILES string of the molecule is N#Cc1ccc(C(F)(F)F)cc1C(=O)OCc1ccccc1. The van der Waals surface area contributed by atoms with E-state index in [4.69, 9.17) is 10.00 Å². The molecule has 0 bridgehead atoms. The van der Waals surface area contributed by atoms with Gasteiger partial charge in [0.05, 0.1) is 16.7 Å². The maximum atomic E-state index is 12.7. The van der Waals surface area contributed by atoms with E-state index in [0.717, 1.165) is 12.1 Å². The van der Waals surface area contributed by atoms with Crippen molar-refractivity contribution in [2.45, 2.75) is 12.8 Å². The van der Waals surface area contributed by atoms with Crippen LogP contribution < -0.4 is 0 Å². The number of ether oxygens (including phenoxy) is 1. The van der Waals surface area contributed by atoms with Crippen LogP contribution >= 0.6 is 0 Å². The van der Waals surface area contributed by atoms with Gasteiger partial charge >= 0.3 is 12.1 Å². The minimum absolute atomic E-state index is 0.0826. The molecule has 0 unspecified atom stereocenters. The summed E-state index contributed by atoms with van der Waals surface area (Å²) in [6.45, 7) is -0.0826. The second-order valence-corrected chi connectivity index (χ2v) is 4.43. The molecular weight excluding hydrogens is 295 g/mol. The first-order valence-corrected chi connectivity index (χ1v) is 6.24. The standard InChI is InChI=1S/C16H10F3NO2/c17-16(18,19)13-7-6-12(9-20)14(8-13)15(21)22-10-11-4-2-1-3-5-11/h1-8H,10H2. The summed E-state index contributed by atoms with van der Waals surface area (Å²) in [5.41, 5.74) is -0.862. The van der Waals surface area contributed by atoms with E-state index in [0.29, 0.717) is 11.6 Å². The Hall–Kier alpha value is -2.81. The van der Waals surface area contributed by atoms with Crippen molar-refractivity contribution < 1.29 is 22.7 Å². The third-order valence-electron chi connectivity index (χ3n) is 2.90. The molecule has 0 fully saturated rings. The fraction of sp³-hybridized carbons (Fsp3) is 0.125. The summed E-state index contributed by atoms with van der Waals surface area (Å²) in [5.74, 6) is -0.966. The molecule has 0 amide bonds. The van der Waals surface area contributed by atoms with Crippen LogP contribution in [0.15, 0.2) is 48.5 Å². The molecule has 0 saturated heterocycles. The van der Waals surface area contributed by atoms with Crippen LogP contribution in [0, 0.1) is 11.3 Å². The van der Waals surface area contributed by atoms with Crippen LogP contribution in [0.2, 0.25) is 0 Å². The summed E-state index contributed by atoms with van der Waals surface area (Å²) in [6.07, 6.45) is -4.59. The average Bonchev–Trinajstić information content (AvgIpc) is 2.52. The van der Waals surface area contributed by atoms with E-state index in [2.05, 4.69) is 0 Å². The van der Waals surface area contributed by atoms with Gasteiger partial charge in [-0.3, -0.25) is 0 Å². The Kier molecular flexibility index (Phi) is 4.47. The number of benzene rings is 2. The minimum atomic E-state index is -4.59. The quantitative estimate of drug-likeness (QED) is 0.807. The Morgan fingerprint density at radius 2 is 1.82 bits per heavy atom. The molecule has 0 heterocycles. The molecule has 0 aliphatic carbocycles. The lowest BCUT2D eigenvalue weighted by Gasteiger charge is -2.10. The highest BCUT2D eigenvalue weighted by Gasteiger charge is 2.32. The van der Waals surface area contributed by atoms with Gasteiger partial charge in [-0.2, -0.15) is 18.4 Å². The Bertz CT molecular complexity index is 718. The number of carbonyl (C=O) groups excluding carboxylic acids is 1. The van der Waals surface area contributed by atoms with Gasteiger partial charge in [0.2, 0.25) is 0 Å². The normalized spacial score (nSPS) is 10.8. The molecule has 3 nitrogen and oxygen atoms in total. The van der Waals surface area contributed by atoms with Crippen molar-refractivity contribution in [2.75, 3.05) is 0 Å². The van der Waals surface area contributed by atoms with Gasteiger partial charge in [-0.15, -0.1) is 0 Å². The minimum Gasteiger partial charge on any atom is -0.457 e. The summed E-state index contributed by atoms with van der Waals surface area (Å²) in [6, 6.07) is 12.7. The average molecular weight is 305 g/mol. The Balaban J connectivity index is 2.23. The van der Waals surface area contributed by atoms with Gasteiger partial charge in [0.25, 0.3) is 0 Å². The zero-order chi connectivity index (χ0) is 16.2. The largest absolute Gasteiger partial charge is 0.457 e. The van der Waals surface area contributed by atoms with Gasteiger partial charge in [0.15, 0.2) is 0 Å². The van der Waals surface area contributed by atoms with Crippen LogP contribution in [-0.2, 0) is 17.5 Å². The Morgan fingerprint density at radius 3 is 2.41 bits per heavy atom. The number of carbonyl (C=O) groups is 1. The first-order chi connectivity index (χ1) is 10.4.